The van der Waals surface area contributed by atoms with Gasteiger partial charge in [0.15, 0.2) is 0 Å². The number of nitrogens with zero attached hydrogens (tertiary/aromatic N) is 2. The van der Waals surface area contributed by atoms with Crippen LogP contribution in [0.2, 0.25) is 5.02 Å². The van der Waals surface area contributed by atoms with Gasteiger partial charge in [-0.25, -0.2) is 9.59 Å². The predicted octanol–water partition coefficient (Wildman–Crippen LogP) is 2.29. The first kappa shape index (κ1) is 22.2. The van der Waals surface area contributed by atoms with Crippen LogP contribution in [-0.2, 0) is 9.59 Å². The molecular weight excluding hydrogens is 360 g/mol. The summed E-state index contributed by atoms with van der Waals surface area (Å²) in [4.78, 5) is 23.3. The lowest BCUT2D eigenvalue weighted by atomic mass is 10.2. The minimum atomic E-state index is -1.82. The Morgan fingerprint density at radius 3 is 2.04 bits per heavy atom. The first-order valence-electron chi connectivity index (χ1n) is 8.71. The summed E-state index contributed by atoms with van der Waals surface area (Å²) in [5.74, 6) is -2.74. The summed E-state index contributed by atoms with van der Waals surface area (Å²) in [6.07, 6.45) is 2.32. The molecule has 0 saturated carbocycles. The van der Waals surface area contributed by atoms with Crippen LogP contribution >= 0.6 is 11.6 Å². The van der Waals surface area contributed by atoms with E-state index in [-0.39, 0.29) is 0 Å². The predicted molar refractivity (Wildman–Crippen MR) is 100 cm³/mol. The number of rotatable bonds is 7. The first-order chi connectivity index (χ1) is 12.4. The summed E-state index contributed by atoms with van der Waals surface area (Å²) in [6.45, 7) is 10.3. The van der Waals surface area contributed by atoms with E-state index >= 15 is 0 Å². The molecule has 0 aromatic heterocycles. The molecule has 7 nitrogen and oxygen atoms in total. The second-order valence-corrected chi connectivity index (χ2v) is 6.33. The second kappa shape index (κ2) is 12.5. The Morgan fingerprint density at radius 1 is 1.00 bits per heavy atom. The third kappa shape index (κ3) is 9.60. The van der Waals surface area contributed by atoms with Crippen molar-refractivity contribution in [2.45, 2.75) is 19.8 Å². The fourth-order valence-electron chi connectivity index (χ4n) is 2.49. The van der Waals surface area contributed by atoms with Gasteiger partial charge in [0.25, 0.3) is 0 Å². The van der Waals surface area contributed by atoms with Crippen LogP contribution in [0.4, 0.5) is 0 Å². The Balaban J connectivity index is 0.000000487. The summed E-state index contributed by atoms with van der Waals surface area (Å²) >= 11 is 5.84. The summed E-state index contributed by atoms with van der Waals surface area (Å²) in [5.41, 5.74) is 0. The Kier molecular flexibility index (Phi) is 10.7. The van der Waals surface area contributed by atoms with E-state index in [2.05, 4.69) is 16.7 Å². The van der Waals surface area contributed by atoms with Crippen LogP contribution in [0.1, 0.15) is 19.8 Å². The Morgan fingerprint density at radius 2 is 1.54 bits per heavy atom. The highest BCUT2D eigenvalue weighted by Crippen LogP contribution is 2.15. The normalized spacial score (nSPS) is 15.0. The van der Waals surface area contributed by atoms with Gasteiger partial charge < -0.3 is 24.7 Å². The van der Waals surface area contributed by atoms with E-state index in [4.69, 9.17) is 36.1 Å². The average molecular weight is 387 g/mol. The van der Waals surface area contributed by atoms with Gasteiger partial charge in [-0.05, 0) is 50.2 Å². The molecule has 0 unspecified atom stereocenters. The van der Waals surface area contributed by atoms with Crippen LogP contribution in [0.3, 0.4) is 0 Å². The number of halogens is 1. The van der Waals surface area contributed by atoms with Gasteiger partial charge >= 0.3 is 11.9 Å². The van der Waals surface area contributed by atoms with Crippen LogP contribution in [0, 0.1) is 0 Å². The van der Waals surface area contributed by atoms with Crippen LogP contribution in [0.15, 0.2) is 24.3 Å². The molecule has 0 amide bonds. The van der Waals surface area contributed by atoms with Gasteiger partial charge in [0.1, 0.15) is 5.75 Å². The van der Waals surface area contributed by atoms with Crippen molar-refractivity contribution in [2.75, 3.05) is 45.9 Å². The van der Waals surface area contributed by atoms with E-state index in [1.807, 2.05) is 24.3 Å². The van der Waals surface area contributed by atoms with Crippen molar-refractivity contribution in [3.8, 4) is 5.75 Å². The van der Waals surface area contributed by atoms with E-state index < -0.39 is 11.9 Å². The maximum Gasteiger partial charge on any atom is 0.414 e. The molecule has 0 atom stereocenters. The SMILES string of the molecule is CCN1CCN(CCCCOc2ccc(Cl)cc2)CC1.O=C(O)C(=O)O. The number of ether oxygens (including phenoxy) is 1. The van der Waals surface area contributed by atoms with Crippen LogP contribution in [-0.4, -0.2) is 77.8 Å². The van der Waals surface area contributed by atoms with E-state index in [0.29, 0.717) is 0 Å². The molecule has 8 heteroatoms. The zero-order chi connectivity index (χ0) is 19.4. The van der Waals surface area contributed by atoms with Crippen molar-refractivity contribution in [1.29, 1.82) is 0 Å². The van der Waals surface area contributed by atoms with Crippen molar-refractivity contribution in [1.82, 2.24) is 9.80 Å². The van der Waals surface area contributed by atoms with Crippen LogP contribution in [0.5, 0.6) is 5.75 Å². The molecule has 1 saturated heterocycles. The van der Waals surface area contributed by atoms with Crippen LogP contribution in [0.25, 0.3) is 0 Å². The lowest BCUT2D eigenvalue weighted by molar-refractivity contribution is -0.159. The lowest BCUT2D eigenvalue weighted by Crippen LogP contribution is -2.46. The van der Waals surface area contributed by atoms with E-state index in [1.54, 1.807) is 0 Å². The van der Waals surface area contributed by atoms with Gasteiger partial charge in [0.05, 0.1) is 6.61 Å². The first-order valence-corrected chi connectivity index (χ1v) is 9.09. The molecule has 0 radical (unpaired) electrons. The van der Waals surface area contributed by atoms with Gasteiger partial charge in [-0.3, -0.25) is 0 Å². The van der Waals surface area contributed by atoms with E-state index in [1.165, 1.54) is 45.7 Å². The average Bonchev–Trinajstić information content (AvgIpc) is 2.64. The molecule has 1 fully saturated rings. The van der Waals surface area contributed by atoms with E-state index in [0.717, 1.165) is 23.8 Å². The van der Waals surface area contributed by atoms with Gasteiger partial charge in [-0.1, -0.05) is 18.5 Å². The smallest absolute Gasteiger partial charge is 0.414 e. The van der Waals surface area contributed by atoms with Crippen molar-refractivity contribution < 1.29 is 24.5 Å². The molecule has 2 N–H and O–H groups in total. The number of benzene rings is 1. The molecule has 26 heavy (non-hydrogen) atoms. The molecule has 0 aliphatic carbocycles. The molecule has 1 aliphatic rings. The fourth-order valence-corrected chi connectivity index (χ4v) is 2.61. The van der Waals surface area contributed by atoms with Crippen LogP contribution < -0.4 is 4.74 Å². The van der Waals surface area contributed by atoms with Gasteiger partial charge in [-0.2, -0.15) is 0 Å². The quantitative estimate of drug-likeness (QED) is 0.548. The number of carboxylic acid groups (broad SMARTS) is 2. The topological polar surface area (TPSA) is 90.3 Å². The Bertz CT molecular complexity index is 533. The zero-order valence-electron chi connectivity index (χ0n) is 15.1. The standard InChI is InChI=1S/C16H25ClN2O.C2H2O4/c1-2-18-10-12-19(13-11-18)9-3-4-14-20-16-7-5-15(17)6-8-16;3-1(4)2(5)6/h5-8H,2-4,9-14H2,1H3;(H,3,4)(H,5,6). The molecule has 1 aliphatic heterocycles. The zero-order valence-corrected chi connectivity index (χ0v) is 15.8. The number of hydrogen-bond acceptors (Lipinski definition) is 5. The molecule has 2 rings (SSSR count). The molecule has 1 aromatic rings. The van der Waals surface area contributed by atoms with Gasteiger partial charge in [0, 0.05) is 31.2 Å². The monoisotopic (exact) mass is 386 g/mol. The number of hydrogen-bond donors (Lipinski definition) is 2. The minimum absolute atomic E-state index is 0.753. The molecule has 146 valence electrons. The Hall–Kier alpha value is -1.83. The number of carboxylic acids is 2. The van der Waals surface area contributed by atoms with Gasteiger partial charge in [-0.15, -0.1) is 0 Å². The van der Waals surface area contributed by atoms with E-state index in [9.17, 15) is 0 Å². The maximum atomic E-state index is 9.10. The minimum Gasteiger partial charge on any atom is -0.494 e. The highest BCUT2D eigenvalue weighted by Gasteiger charge is 2.14. The summed E-state index contributed by atoms with van der Waals surface area (Å²) < 4.78 is 5.70. The largest absolute Gasteiger partial charge is 0.494 e. The van der Waals surface area contributed by atoms with Crippen molar-refractivity contribution >= 4 is 23.5 Å². The number of piperazine rings is 1. The second-order valence-electron chi connectivity index (χ2n) is 5.90. The maximum absolute atomic E-state index is 9.10. The van der Waals surface area contributed by atoms with Crippen molar-refractivity contribution in [3.63, 3.8) is 0 Å². The molecule has 1 aromatic carbocycles. The fraction of sp³-hybridized carbons (Fsp3) is 0.556. The molecule has 0 bridgehead atoms. The highest BCUT2D eigenvalue weighted by atomic mass is 35.5. The number of likely N-dealkylation sites (N-methyl/N-ethyl adjacent to an activating group) is 1. The Labute approximate surface area is 159 Å². The number of unbranched alkanes of at least 4 members (excludes halogenated alkanes) is 1. The highest BCUT2D eigenvalue weighted by molar-refractivity contribution is 6.30. The number of aliphatic carboxylic acids is 2. The summed E-state index contributed by atoms with van der Waals surface area (Å²) in [5, 5.41) is 15.5. The summed E-state index contributed by atoms with van der Waals surface area (Å²) in [7, 11) is 0. The molecular formula is C18H27ClN2O5. The molecule has 1 heterocycles. The third-order valence-electron chi connectivity index (χ3n) is 4.05. The lowest BCUT2D eigenvalue weighted by Gasteiger charge is -2.33. The summed E-state index contributed by atoms with van der Waals surface area (Å²) in [6, 6.07) is 7.58. The van der Waals surface area contributed by atoms with Crippen molar-refractivity contribution in [2.24, 2.45) is 0 Å². The molecule has 0 spiro atoms. The third-order valence-corrected chi connectivity index (χ3v) is 4.30. The number of carbonyl (C=O) groups is 2. The van der Waals surface area contributed by atoms with Crippen molar-refractivity contribution in [3.05, 3.63) is 29.3 Å². The van der Waals surface area contributed by atoms with Gasteiger partial charge in [0.2, 0.25) is 0 Å².